The molecule has 0 amide bonds. The van der Waals surface area contributed by atoms with Gasteiger partial charge in [0.25, 0.3) is 0 Å². The van der Waals surface area contributed by atoms with Crippen LogP contribution in [0.5, 0.6) is 0 Å². The molecule has 1 saturated heterocycles. The minimum Gasteiger partial charge on any atom is -0.373 e. The SMILES string of the molecule is CN(Cc1cccnc1)C[C@H]1CC[C@@H](Cc2ccc(N(C)C)nn2)O1. The van der Waals surface area contributed by atoms with Crippen LogP contribution in [0.15, 0.2) is 36.7 Å². The van der Waals surface area contributed by atoms with Crippen LogP contribution in [0.2, 0.25) is 0 Å². The second-order valence-corrected chi connectivity index (χ2v) is 7.00. The highest BCUT2D eigenvalue weighted by molar-refractivity contribution is 5.34. The number of pyridine rings is 1. The molecule has 1 aliphatic heterocycles. The van der Waals surface area contributed by atoms with Crippen molar-refractivity contribution < 1.29 is 4.74 Å². The molecule has 0 aromatic carbocycles. The first kappa shape index (κ1) is 17.8. The Kier molecular flexibility index (Phi) is 5.94. The quantitative estimate of drug-likeness (QED) is 0.769. The fourth-order valence-electron chi connectivity index (χ4n) is 3.21. The minimum absolute atomic E-state index is 0.247. The van der Waals surface area contributed by atoms with E-state index >= 15 is 0 Å². The van der Waals surface area contributed by atoms with Gasteiger partial charge in [-0.15, -0.1) is 5.10 Å². The monoisotopic (exact) mass is 341 g/mol. The summed E-state index contributed by atoms with van der Waals surface area (Å²) in [5, 5.41) is 8.56. The number of likely N-dealkylation sites (N-methyl/N-ethyl adjacent to an activating group) is 1. The molecule has 0 saturated carbocycles. The first-order valence-electron chi connectivity index (χ1n) is 8.83. The molecule has 134 valence electrons. The molecule has 1 fully saturated rings. The summed E-state index contributed by atoms with van der Waals surface area (Å²) in [6.07, 6.45) is 7.29. The number of nitrogens with zero attached hydrogens (tertiary/aromatic N) is 5. The lowest BCUT2D eigenvalue weighted by molar-refractivity contribution is 0.0262. The van der Waals surface area contributed by atoms with Crippen molar-refractivity contribution in [2.24, 2.45) is 0 Å². The van der Waals surface area contributed by atoms with E-state index in [2.05, 4.69) is 33.2 Å². The summed E-state index contributed by atoms with van der Waals surface area (Å²) in [6, 6.07) is 8.15. The zero-order valence-corrected chi connectivity index (χ0v) is 15.3. The van der Waals surface area contributed by atoms with Gasteiger partial charge in [-0.25, -0.2) is 0 Å². The average Bonchev–Trinajstić information content (AvgIpc) is 3.03. The normalized spacial score (nSPS) is 20.2. The van der Waals surface area contributed by atoms with E-state index in [0.29, 0.717) is 6.10 Å². The summed E-state index contributed by atoms with van der Waals surface area (Å²) in [6.45, 7) is 1.84. The molecular formula is C19H27N5O. The standard InChI is InChI=1S/C19H27N5O/c1-23(2)19-9-6-16(21-22-19)11-17-7-8-18(25-17)14-24(3)13-15-5-4-10-20-12-15/h4-6,9-10,12,17-18H,7-8,11,13-14H2,1-3H3/t17-,18+/m0/s1. The van der Waals surface area contributed by atoms with E-state index in [9.17, 15) is 0 Å². The van der Waals surface area contributed by atoms with Crippen LogP contribution in [-0.2, 0) is 17.7 Å². The summed E-state index contributed by atoms with van der Waals surface area (Å²) in [5.74, 6) is 0.881. The van der Waals surface area contributed by atoms with Crippen molar-refractivity contribution in [3.05, 3.63) is 47.9 Å². The molecule has 2 aromatic rings. The lowest BCUT2D eigenvalue weighted by Crippen LogP contribution is -2.29. The molecule has 0 aliphatic carbocycles. The van der Waals surface area contributed by atoms with Crippen LogP contribution in [0, 0.1) is 0 Å². The van der Waals surface area contributed by atoms with E-state index in [1.54, 1.807) is 0 Å². The summed E-state index contributed by atoms with van der Waals surface area (Å²) in [4.78, 5) is 8.43. The van der Waals surface area contributed by atoms with E-state index in [0.717, 1.165) is 43.9 Å². The molecule has 6 nitrogen and oxygen atoms in total. The molecule has 2 atom stereocenters. The fourth-order valence-corrected chi connectivity index (χ4v) is 3.21. The summed E-state index contributed by atoms with van der Waals surface area (Å²) in [5.41, 5.74) is 2.23. The highest BCUT2D eigenvalue weighted by Gasteiger charge is 2.26. The third-order valence-corrected chi connectivity index (χ3v) is 4.49. The zero-order chi connectivity index (χ0) is 17.6. The number of hydrogen-bond donors (Lipinski definition) is 0. The molecule has 0 bridgehead atoms. The van der Waals surface area contributed by atoms with Crippen LogP contribution in [-0.4, -0.2) is 60.0 Å². The fraction of sp³-hybridized carbons (Fsp3) is 0.526. The Morgan fingerprint density at radius 1 is 1.08 bits per heavy atom. The van der Waals surface area contributed by atoms with Crippen LogP contribution in [0.3, 0.4) is 0 Å². The molecule has 0 spiro atoms. The molecule has 0 radical (unpaired) electrons. The number of ether oxygens (including phenoxy) is 1. The van der Waals surface area contributed by atoms with Crippen molar-refractivity contribution in [3.63, 3.8) is 0 Å². The number of rotatable bonds is 7. The predicted octanol–water partition coefficient (Wildman–Crippen LogP) is 2.16. The van der Waals surface area contributed by atoms with Gasteiger partial charge in [0.2, 0.25) is 0 Å². The number of hydrogen-bond acceptors (Lipinski definition) is 6. The van der Waals surface area contributed by atoms with Crippen LogP contribution in [0.4, 0.5) is 5.82 Å². The van der Waals surface area contributed by atoms with Gasteiger partial charge in [0, 0.05) is 46.0 Å². The Morgan fingerprint density at radius 2 is 1.92 bits per heavy atom. The number of aromatic nitrogens is 3. The van der Waals surface area contributed by atoms with Gasteiger partial charge in [0.15, 0.2) is 5.82 Å². The van der Waals surface area contributed by atoms with Gasteiger partial charge in [0.05, 0.1) is 17.9 Å². The maximum Gasteiger partial charge on any atom is 0.150 e. The Morgan fingerprint density at radius 3 is 2.60 bits per heavy atom. The smallest absolute Gasteiger partial charge is 0.150 e. The Labute approximate surface area is 149 Å². The van der Waals surface area contributed by atoms with Gasteiger partial charge in [0.1, 0.15) is 0 Å². The van der Waals surface area contributed by atoms with E-state index in [-0.39, 0.29) is 6.10 Å². The largest absolute Gasteiger partial charge is 0.373 e. The third kappa shape index (κ3) is 5.21. The van der Waals surface area contributed by atoms with Gasteiger partial charge in [-0.2, -0.15) is 5.10 Å². The predicted molar refractivity (Wildman–Crippen MR) is 98.5 cm³/mol. The van der Waals surface area contributed by atoms with Gasteiger partial charge in [-0.3, -0.25) is 9.88 Å². The second-order valence-electron chi connectivity index (χ2n) is 7.00. The molecule has 0 N–H and O–H groups in total. The van der Waals surface area contributed by atoms with E-state index in [1.165, 1.54) is 5.56 Å². The van der Waals surface area contributed by atoms with Crippen LogP contribution in [0.1, 0.15) is 24.1 Å². The summed E-state index contributed by atoms with van der Waals surface area (Å²) >= 11 is 0. The maximum atomic E-state index is 6.22. The molecule has 2 aromatic heterocycles. The summed E-state index contributed by atoms with van der Waals surface area (Å²) in [7, 11) is 6.07. The highest BCUT2D eigenvalue weighted by atomic mass is 16.5. The van der Waals surface area contributed by atoms with Crippen molar-refractivity contribution in [3.8, 4) is 0 Å². The first-order chi connectivity index (χ1) is 12.1. The Bertz CT molecular complexity index is 647. The molecule has 0 unspecified atom stereocenters. The Balaban J connectivity index is 1.45. The van der Waals surface area contributed by atoms with E-state index in [1.807, 2.05) is 49.6 Å². The molecule has 3 heterocycles. The van der Waals surface area contributed by atoms with Crippen molar-refractivity contribution in [1.29, 1.82) is 0 Å². The van der Waals surface area contributed by atoms with E-state index < -0.39 is 0 Å². The molecule has 25 heavy (non-hydrogen) atoms. The maximum absolute atomic E-state index is 6.22. The van der Waals surface area contributed by atoms with E-state index in [4.69, 9.17) is 4.74 Å². The van der Waals surface area contributed by atoms with Crippen LogP contribution >= 0.6 is 0 Å². The minimum atomic E-state index is 0.247. The topological polar surface area (TPSA) is 54.4 Å². The number of anilines is 1. The lowest BCUT2D eigenvalue weighted by Gasteiger charge is -2.21. The lowest BCUT2D eigenvalue weighted by atomic mass is 10.1. The average molecular weight is 341 g/mol. The first-order valence-corrected chi connectivity index (χ1v) is 8.83. The van der Waals surface area contributed by atoms with Crippen LogP contribution < -0.4 is 4.90 Å². The van der Waals surface area contributed by atoms with Crippen molar-refractivity contribution in [1.82, 2.24) is 20.1 Å². The molecule has 3 rings (SSSR count). The van der Waals surface area contributed by atoms with Gasteiger partial charge in [-0.05, 0) is 43.7 Å². The van der Waals surface area contributed by atoms with Crippen molar-refractivity contribution >= 4 is 5.82 Å². The zero-order valence-electron chi connectivity index (χ0n) is 15.3. The Hall–Kier alpha value is -2.05. The van der Waals surface area contributed by atoms with Crippen LogP contribution in [0.25, 0.3) is 0 Å². The van der Waals surface area contributed by atoms with Gasteiger partial charge >= 0.3 is 0 Å². The molecule has 6 heteroatoms. The molecular weight excluding hydrogens is 314 g/mol. The van der Waals surface area contributed by atoms with Crippen molar-refractivity contribution in [2.75, 3.05) is 32.6 Å². The molecule has 1 aliphatic rings. The highest BCUT2D eigenvalue weighted by Crippen LogP contribution is 2.23. The van der Waals surface area contributed by atoms with Gasteiger partial charge in [-0.1, -0.05) is 6.07 Å². The third-order valence-electron chi connectivity index (χ3n) is 4.49. The van der Waals surface area contributed by atoms with Crippen molar-refractivity contribution in [2.45, 2.75) is 38.0 Å². The summed E-state index contributed by atoms with van der Waals surface area (Å²) < 4.78 is 6.22. The second kappa shape index (κ2) is 8.36. The van der Waals surface area contributed by atoms with Gasteiger partial charge < -0.3 is 9.64 Å².